The molecule has 14 heteroatoms. The number of fused-ring (bicyclic) bond motifs is 2. The third kappa shape index (κ3) is 5.18. The van der Waals surface area contributed by atoms with Gasteiger partial charge in [0, 0.05) is 28.5 Å². The molecule has 0 unspecified atom stereocenters. The maximum absolute atomic E-state index is 12.0. The van der Waals surface area contributed by atoms with Crippen molar-refractivity contribution in [2.24, 2.45) is 0 Å². The maximum atomic E-state index is 12.0. The van der Waals surface area contributed by atoms with E-state index in [0.717, 1.165) is 9.79 Å². The molecule has 1 aromatic rings. The Morgan fingerprint density at radius 2 is 1.00 bits per heavy atom. The molecule has 3 N–H and O–H groups in total. The summed E-state index contributed by atoms with van der Waals surface area (Å²) < 4.78 is 3.90. The van der Waals surface area contributed by atoms with E-state index in [9.17, 15) is 34.5 Å². The number of carbonyl (C=O) groups is 4. The van der Waals surface area contributed by atoms with Crippen LogP contribution in [0.5, 0.6) is 0 Å². The SMILES string of the molecule is COC(=O)CC1(CC(=O)O)Sc2c(Br)c3c(c(Br)c2S1)SC(CC(=O)O)(CC(=O)O)S3. The summed E-state index contributed by atoms with van der Waals surface area (Å²) in [5, 5.41) is 28.1. The molecule has 0 saturated heterocycles. The number of benzene rings is 1. The third-order valence-corrected chi connectivity index (χ3v) is 13.3. The van der Waals surface area contributed by atoms with E-state index in [0.29, 0.717) is 18.7 Å². The Labute approximate surface area is 210 Å². The number of hydrogen-bond acceptors (Lipinski definition) is 9. The predicted octanol–water partition coefficient (Wildman–Crippen LogP) is 4.99. The molecule has 8 nitrogen and oxygen atoms in total. The van der Waals surface area contributed by atoms with Crippen LogP contribution < -0.4 is 0 Å². The molecule has 0 spiro atoms. The zero-order chi connectivity index (χ0) is 23.1. The van der Waals surface area contributed by atoms with Gasteiger partial charge in [-0.3, -0.25) is 19.2 Å². The molecule has 3 rings (SSSR count). The lowest BCUT2D eigenvalue weighted by molar-refractivity contribution is -0.142. The Bertz CT molecular complexity index is 940. The fraction of sp³-hybridized carbons (Fsp3) is 0.412. The summed E-state index contributed by atoms with van der Waals surface area (Å²) in [4.78, 5) is 49.2. The van der Waals surface area contributed by atoms with Crippen LogP contribution in [-0.2, 0) is 23.9 Å². The summed E-state index contributed by atoms with van der Waals surface area (Å²) in [5.74, 6) is -3.78. The van der Waals surface area contributed by atoms with Crippen molar-refractivity contribution >= 4 is 103 Å². The summed E-state index contributed by atoms with van der Waals surface area (Å²) in [6.07, 6.45) is -1.10. The molecule has 0 radical (unpaired) electrons. The smallest absolute Gasteiger partial charge is 0.307 e. The van der Waals surface area contributed by atoms with Crippen molar-refractivity contribution in [2.45, 2.75) is 53.4 Å². The Hall–Kier alpha value is -0.540. The van der Waals surface area contributed by atoms with Gasteiger partial charge in [-0.15, -0.1) is 47.0 Å². The second-order valence-electron chi connectivity index (χ2n) is 6.64. The quantitative estimate of drug-likeness (QED) is 0.333. The Morgan fingerprint density at radius 1 is 0.710 bits per heavy atom. The van der Waals surface area contributed by atoms with E-state index in [1.165, 1.54) is 54.2 Å². The van der Waals surface area contributed by atoms with E-state index in [1.54, 1.807) is 0 Å². The summed E-state index contributed by atoms with van der Waals surface area (Å²) in [6, 6.07) is 0. The first-order chi connectivity index (χ1) is 14.4. The van der Waals surface area contributed by atoms with Gasteiger partial charge in [0.05, 0.1) is 41.0 Å². The number of carboxylic acid groups (broad SMARTS) is 3. The van der Waals surface area contributed by atoms with E-state index >= 15 is 0 Å². The van der Waals surface area contributed by atoms with Gasteiger partial charge >= 0.3 is 23.9 Å². The number of rotatable bonds is 8. The third-order valence-electron chi connectivity index (χ3n) is 4.27. The van der Waals surface area contributed by atoms with Crippen LogP contribution in [0.1, 0.15) is 25.7 Å². The topological polar surface area (TPSA) is 138 Å². The van der Waals surface area contributed by atoms with Crippen LogP contribution in [0.25, 0.3) is 0 Å². The average Bonchev–Trinajstić information content (AvgIpc) is 3.17. The minimum Gasteiger partial charge on any atom is -0.481 e. The second-order valence-corrected chi connectivity index (χ2v) is 14.3. The number of methoxy groups -OCH3 is 1. The number of ether oxygens (including phenoxy) is 1. The highest BCUT2D eigenvalue weighted by Crippen LogP contribution is 2.70. The van der Waals surface area contributed by atoms with Crippen molar-refractivity contribution in [3.63, 3.8) is 0 Å². The van der Waals surface area contributed by atoms with Crippen molar-refractivity contribution in [1.29, 1.82) is 0 Å². The molecule has 2 heterocycles. The first-order valence-corrected chi connectivity index (χ1v) is 13.3. The summed E-state index contributed by atoms with van der Waals surface area (Å²) in [5.41, 5.74) is 0. The van der Waals surface area contributed by atoms with Gasteiger partial charge in [0.15, 0.2) is 0 Å². The van der Waals surface area contributed by atoms with E-state index in [2.05, 4.69) is 31.9 Å². The van der Waals surface area contributed by atoms with Crippen LogP contribution in [0.4, 0.5) is 0 Å². The van der Waals surface area contributed by atoms with Crippen LogP contribution in [-0.4, -0.2) is 54.5 Å². The average molecular weight is 634 g/mol. The fourth-order valence-corrected chi connectivity index (χ4v) is 12.0. The molecular formula is C17H14Br2O8S4. The Kier molecular flexibility index (Phi) is 7.58. The molecule has 0 aliphatic carbocycles. The van der Waals surface area contributed by atoms with Crippen molar-refractivity contribution in [2.75, 3.05) is 7.11 Å². The van der Waals surface area contributed by atoms with Gasteiger partial charge in [-0.2, -0.15) is 0 Å². The van der Waals surface area contributed by atoms with Crippen molar-refractivity contribution in [1.82, 2.24) is 0 Å². The number of esters is 1. The molecule has 0 saturated carbocycles. The first kappa shape index (κ1) is 25.1. The van der Waals surface area contributed by atoms with Gasteiger partial charge in [0.1, 0.15) is 0 Å². The Morgan fingerprint density at radius 3 is 1.26 bits per heavy atom. The van der Waals surface area contributed by atoms with Crippen molar-refractivity contribution in [3.8, 4) is 0 Å². The number of aliphatic carboxylic acids is 3. The molecule has 0 aromatic heterocycles. The lowest BCUT2D eigenvalue weighted by Crippen LogP contribution is -2.26. The van der Waals surface area contributed by atoms with Crippen LogP contribution in [0.2, 0.25) is 0 Å². The number of carboxylic acids is 3. The molecule has 2 aliphatic heterocycles. The normalized spacial score (nSPS) is 17.6. The van der Waals surface area contributed by atoms with Gasteiger partial charge in [-0.25, -0.2) is 0 Å². The molecule has 2 aliphatic rings. The zero-order valence-electron chi connectivity index (χ0n) is 15.6. The number of carbonyl (C=O) groups excluding carboxylic acids is 1. The van der Waals surface area contributed by atoms with E-state index in [1.807, 2.05) is 0 Å². The summed E-state index contributed by atoms with van der Waals surface area (Å²) in [6.45, 7) is 0. The lowest BCUT2D eigenvalue weighted by Gasteiger charge is -2.24. The van der Waals surface area contributed by atoms with Crippen LogP contribution >= 0.6 is 78.9 Å². The molecule has 0 amide bonds. The highest BCUT2D eigenvalue weighted by Gasteiger charge is 2.50. The van der Waals surface area contributed by atoms with Crippen LogP contribution in [0.3, 0.4) is 0 Å². The molecule has 168 valence electrons. The molecule has 31 heavy (non-hydrogen) atoms. The Balaban J connectivity index is 2.04. The van der Waals surface area contributed by atoms with Gasteiger partial charge in [-0.1, -0.05) is 0 Å². The maximum Gasteiger partial charge on any atom is 0.307 e. The molecule has 0 bridgehead atoms. The molecule has 0 atom stereocenters. The minimum atomic E-state index is -1.11. The second kappa shape index (κ2) is 9.37. The van der Waals surface area contributed by atoms with Gasteiger partial charge in [0.2, 0.25) is 0 Å². The molecule has 1 aromatic carbocycles. The summed E-state index contributed by atoms with van der Waals surface area (Å²) in [7, 11) is 1.24. The van der Waals surface area contributed by atoms with Gasteiger partial charge < -0.3 is 20.1 Å². The monoisotopic (exact) mass is 632 g/mol. The predicted molar refractivity (Wildman–Crippen MR) is 124 cm³/mol. The number of thioether (sulfide) groups is 4. The van der Waals surface area contributed by atoms with Crippen LogP contribution in [0.15, 0.2) is 28.5 Å². The highest BCUT2D eigenvalue weighted by atomic mass is 79.9. The lowest BCUT2D eigenvalue weighted by atomic mass is 10.2. The number of hydrogen-bond donors (Lipinski definition) is 3. The first-order valence-electron chi connectivity index (χ1n) is 8.44. The van der Waals surface area contributed by atoms with Gasteiger partial charge in [0.25, 0.3) is 0 Å². The van der Waals surface area contributed by atoms with Gasteiger partial charge in [-0.05, 0) is 31.9 Å². The molecule has 0 fully saturated rings. The molecular weight excluding hydrogens is 620 g/mol. The van der Waals surface area contributed by atoms with E-state index in [-0.39, 0.29) is 25.7 Å². The van der Waals surface area contributed by atoms with E-state index < -0.39 is 32.0 Å². The standard InChI is InChI=1S/C17H14Br2O8S4/c1-27-9(26)5-17(4-8(24)25)30-14-10(18)12-13(11(19)15(14)31-17)29-16(28-12,2-6(20)21)3-7(22)23/h2-5H2,1H3,(H,20,21)(H,22,23)(H,24,25). The zero-order valence-corrected chi connectivity index (χ0v) is 22.0. The van der Waals surface area contributed by atoms with Crippen molar-refractivity contribution < 1.29 is 39.2 Å². The van der Waals surface area contributed by atoms with E-state index in [4.69, 9.17) is 4.74 Å². The highest BCUT2D eigenvalue weighted by molar-refractivity contribution is 9.11. The number of halogens is 2. The van der Waals surface area contributed by atoms with Crippen molar-refractivity contribution in [3.05, 3.63) is 8.95 Å². The fourth-order valence-electron chi connectivity index (χ4n) is 3.15. The minimum absolute atomic E-state index is 0.119. The summed E-state index contributed by atoms with van der Waals surface area (Å²) >= 11 is 11.9. The van der Waals surface area contributed by atoms with Crippen LogP contribution in [0, 0.1) is 0 Å². The largest absolute Gasteiger partial charge is 0.481 e.